The van der Waals surface area contributed by atoms with E-state index < -0.39 is 6.10 Å². The molecule has 0 aliphatic rings. The third-order valence-electron chi connectivity index (χ3n) is 1.79. The molecule has 0 spiro atoms. The van der Waals surface area contributed by atoms with E-state index in [2.05, 4.69) is 27.0 Å². The van der Waals surface area contributed by atoms with Crippen molar-refractivity contribution < 1.29 is 4.74 Å². The third-order valence-corrected chi connectivity index (χ3v) is 2.22. The number of aromatic nitrogens is 1. The number of hydrogen-bond donors (Lipinski definition) is 0. The van der Waals surface area contributed by atoms with E-state index in [0.29, 0.717) is 12.2 Å². The molecule has 1 heterocycles. The van der Waals surface area contributed by atoms with Gasteiger partial charge in [0, 0.05) is 10.7 Å². The Balaban J connectivity index is 2.86. The molecular formula is C10H11BrN2O. The Morgan fingerprint density at radius 3 is 3.00 bits per heavy atom. The molecule has 0 amide bonds. The standard InChI is InChI=1S/C10H11BrN2O/c1-3-9(5-12)14-10-4-8(11)6-13-7(10)2/h4,6,9H,3H2,1-2H3. The molecule has 0 bridgehead atoms. The van der Waals surface area contributed by atoms with Gasteiger partial charge in [0.25, 0.3) is 0 Å². The summed E-state index contributed by atoms with van der Waals surface area (Å²) in [6.07, 6.45) is 1.97. The first-order chi connectivity index (χ1) is 6.67. The van der Waals surface area contributed by atoms with Crippen LogP contribution < -0.4 is 4.74 Å². The van der Waals surface area contributed by atoms with E-state index in [1.165, 1.54) is 0 Å². The van der Waals surface area contributed by atoms with E-state index in [9.17, 15) is 0 Å². The first-order valence-corrected chi connectivity index (χ1v) is 5.15. The van der Waals surface area contributed by atoms with Crippen LogP contribution in [-0.4, -0.2) is 11.1 Å². The van der Waals surface area contributed by atoms with Crippen molar-refractivity contribution in [3.8, 4) is 11.8 Å². The molecular weight excluding hydrogens is 244 g/mol. The molecule has 1 aromatic heterocycles. The van der Waals surface area contributed by atoms with Gasteiger partial charge in [-0.2, -0.15) is 5.26 Å². The van der Waals surface area contributed by atoms with Gasteiger partial charge in [0.15, 0.2) is 6.10 Å². The Morgan fingerprint density at radius 2 is 2.43 bits per heavy atom. The maximum Gasteiger partial charge on any atom is 0.184 e. The topological polar surface area (TPSA) is 45.9 Å². The largest absolute Gasteiger partial charge is 0.474 e. The molecule has 1 aromatic rings. The van der Waals surface area contributed by atoms with Crippen molar-refractivity contribution in [2.24, 2.45) is 0 Å². The fraction of sp³-hybridized carbons (Fsp3) is 0.400. The lowest BCUT2D eigenvalue weighted by Gasteiger charge is -2.11. The summed E-state index contributed by atoms with van der Waals surface area (Å²) >= 11 is 3.30. The minimum Gasteiger partial charge on any atom is -0.474 e. The van der Waals surface area contributed by atoms with E-state index in [-0.39, 0.29) is 0 Å². The maximum atomic E-state index is 8.74. The Morgan fingerprint density at radius 1 is 1.71 bits per heavy atom. The van der Waals surface area contributed by atoms with Gasteiger partial charge in [-0.3, -0.25) is 4.98 Å². The highest BCUT2D eigenvalue weighted by molar-refractivity contribution is 9.10. The van der Waals surface area contributed by atoms with Crippen LogP contribution in [0.25, 0.3) is 0 Å². The van der Waals surface area contributed by atoms with Crippen LogP contribution in [0, 0.1) is 18.3 Å². The number of nitrogens with zero attached hydrogens (tertiary/aromatic N) is 2. The van der Waals surface area contributed by atoms with E-state index in [4.69, 9.17) is 10.00 Å². The summed E-state index contributed by atoms with van der Waals surface area (Å²) in [5.74, 6) is 0.660. The van der Waals surface area contributed by atoms with Crippen molar-refractivity contribution in [3.05, 3.63) is 22.4 Å². The summed E-state index contributed by atoms with van der Waals surface area (Å²) in [5.41, 5.74) is 0.793. The second-order valence-corrected chi connectivity index (χ2v) is 3.80. The van der Waals surface area contributed by atoms with Crippen molar-refractivity contribution in [2.45, 2.75) is 26.4 Å². The number of hydrogen-bond acceptors (Lipinski definition) is 3. The molecule has 0 saturated carbocycles. The molecule has 0 aliphatic carbocycles. The molecule has 3 nitrogen and oxygen atoms in total. The second-order valence-electron chi connectivity index (χ2n) is 2.88. The van der Waals surface area contributed by atoms with Gasteiger partial charge in [-0.1, -0.05) is 6.92 Å². The van der Waals surface area contributed by atoms with Gasteiger partial charge in [-0.15, -0.1) is 0 Å². The lowest BCUT2D eigenvalue weighted by atomic mass is 10.3. The third kappa shape index (κ3) is 2.71. The highest BCUT2D eigenvalue weighted by Gasteiger charge is 2.09. The predicted molar refractivity (Wildman–Crippen MR) is 57.0 cm³/mol. The first-order valence-electron chi connectivity index (χ1n) is 4.35. The SMILES string of the molecule is CCC(C#N)Oc1cc(Br)cnc1C. The van der Waals surface area contributed by atoms with Crippen LogP contribution in [0.4, 0.5) is 0 Å². The molecule has 0 aromatic carbocycles. The van der Waals surface area contributed by atoms with Gasteiger partial charge in [-0.05, 0) is 35.3 Å². The first kappa shape index (κ1) is 11.0. The summed E-state index contributed by atoms with van der Waals surface area (Å²) in [7, 11) is 0. The lowest BCUT2D eigenvalue weighted by molar-refractivity contribution is 0.249. The van der Waals surface area contributed by atoms with Gasteiger partial charge in [0.05, 0.1) is 5.69 Å². The summed E-state index contributed by atoms with van der Waals surface area (Å²) in [4.78, 5) is 4.12. The molecule has 14 heavy (non-hydrogen) atoms. The quantitative estimate of drug-likeness (QED) is 0.834. The molecule has 1 unspecified atom stereocenters. The number of nitriles is 1. The average Bonchev–Trinajstić information content (AvgIpc) is 2.19. The Kier molecular flexibility index (Phi) is 3.90. The van der Waals surface area contributed by atoms with Crippen molar-refractivity contribution >= 4 is 15.9 Å². The van der Waals surface area contributed by atoms with Crippen LogP contribution in [0.2, 0.25) is 0 Å². The number of rotatable bonds is 3. The molecule has 0 radical (unpaired) electrons. The van der Waals surface area contributed by atoms with Crippen molar-refractivity contribution in [1.82, 2.24) is 4.98 Å². The van der Waals surface area contributed by atoms with Gasteiger partial charge < -0.3 is 4.74 Å². The number of ether oxygens (including phenoxy) is 1. The minimum absolute atomic E-state index is 0.398. The highest BCUT2D eigenvalue weighted by Crippen LogP contribution is 2.21. The summed E-state index contributed by atoms with van der Waals surface area (Å²) in [5, 5.41) is 8.74. The van der Waals surface area contributed by atoms with Crippen LogP contribution in [0.3, 0.4) is 0 Å². The smallest absolute Gasteiger partial charge is 0.184 e. The zero-order valence-electron chi connectivity index (χ0n) is 8.12. The Bertz CT molecular complexity index is 360. The average molecular weight is 255 g/mol. The van der Waals surface area contributed by atoms with Gasteiger partial charge in [0.1, 0.15) is 11.8 Å². The van der Waals surface area contributed by atoms with E-state index >= 15 is 0 Å². The molecule has 0 N–H and O–H groups in total. The van der Waals surface area contributed by atoms with Crippen molar-refractivity contribution in [3.63, 3.8) is 0 Å². The highest BCUT2D eigenvalue weighted by atomic mass is 79.9. The monoisotopic (exact) mass is 254 g/mol. The molecule has 74 valence electrons. The zero-order valence-corrected chi connectivity index (χ0v) is 9.71. The van der Waals surface area contributed by atoms with Crippen molar-refractivity contribution in [1.29, 1.82) is 5.26 Å². The predicted octanol–water partition coefficient (Wildman–Crippen LogP) is 2.83. The van der Waals surface area contributed by atoms with E-state index in [1.807, 2.05) is 19.9 Å². The summed E-state index contributed by atoms with van der Waals surface area (Å²) in [6, 6.07) is 3.90. The Hall–Kier alpha value is -1.08. The van der Waals surface area contributed by atoms with Crippen LogP contribution in [0.15, 0.2) is 16.7 Å². The normalized spacial score (nSPS) is 11.9. The second kappa shape index (κ2) is 4.97. The fourth-order valence-corrected chi connectivity index (χ4v) is 1.27. The van der Waals surface area contributed by atoms with Gasteiger partial charge >= 0.3 is 0 Å². The van der Waals surface area contributed by atoms with Crippen LogP contribution >= 0.6 is 15.9 Å². The number of aryl methyl sites for hydroxylation is 1. The number of halogens is 1. The zero-order chi connectivity index (χ0) is 10.6. The summed E-state index contributed by atoms with van der Waals surface area (Å²) < 4.78 is 6.32. The molecule has 1 atom stereocenters. The van der Waals surface area contributed by atoms with E-state index in [1.54, 1.807) is 6.20 Å². The van der Waals surface area contributed by atoms with Crippen LogP contribution in [-0.2, 0) is 0 Å². The fourth-order valence-electron chi connectivity index (χ4n) is 0.963. The molecule has 4 heteroatoms. The minimum atomic E-state index is -0.398. The lowest BCUT2D eigenvalue weighted by Crippen LogP contribution is -2.13. The summed E-state index contributed by atoms with van der Waals surface area (Å²) in [6.45, 7) is 3.76. The molecule has 0 saturated heterocycles. The van der Waals surface area contributed by atoms with Crippen LogP contribution in [0.1, 0.15) is 19.0 Å². The molecule has 0 aliphatic heterocycles. The van der Waals surface area contributed by atoms with E-state index in [0.717, 1.165) is 10.2 Å². The molecule has 1 rings (SSSR count). The van der Waals surface area contributed by atoms with Crippen LogP contribution in [0.5, 0.6) is 5.75 Å². The maximum absolute atomic E-state index is 8.74. The van der Waals surface area contributed by atoms with Gasteiger partial charge in [-0.25, -0.2) is 0 Å². The Labute approximate surface area is 91.8 Å². The molecule has 0 fully saturated rings. The van der Waals surface area contributed by atoms with Gasteiger partial charge in [0.2, 0.25) is 0 Å². The number of pyridine rings is 1. The van der Waals surface area contributed by atoms with Crippen molar-refractivity contribution in [2.75, 3.05) is 0 Å².